The number of amides is 2. The normalized spacial score (nSPS) is 13.2. The molecule has 0 radical (unpaired) electrons. The average Bonchev–Trinajstić information content (AvgIpc) is 2.65. The molecule has 0 saturated heterocycles. The van der Waals surface area contributed by atoms with Crippen molar-refractivity contribution in [1.29, 1.82) is 0 Å². The molecule has 0 fully saturated rings. The monoisotopic (exact) mass is 399 g/mol. The number of nitrogens with one attached hydrogen (secondary N) is 2. The topological polar surface area (TPSA) is 61.4 Å². The first kappa shape index (κ1) is 22.6. The second-order valence-corrected chi connectivity index (χ2v) is 7.84. The zero-order chi connectivity index (χ0) is 21.6. The molecule has 2 amide bonds. The van der Waals surface area contributed by atoms with Gasteiger partial charge in [-0.05, 0) is 56.8 Å². The minimum atomic E-state index is -0.668. The quantitative estimate of drug-likeness (QED) is 0.716. The SMILES string of the molecule is Cc1cccc(C(=O)NC(C(=O)NCC(c2cccc(F)c2)N(C)C)C(C)C)c1. The number of aryl methyl sites for hydroxylation is 1. The minimum absolute atomic E-state index is 0.0873. The fourth-order valence-electron chi connectivity index (χ4n) is 3.17. The molecule has 0 spiro atoms. The summed E-state index contributed by atoms with van der Waals surface area (Å²) in [6.07, 6.45) is 0. The molecule has 156 valence electrons. The van der Waals surface area contributed by atoms with Crippen molar-refractivity contribution in [1.82, 2.24) is 15.5 Å². The van der Waals surface area contributed by atoms with E-state index in [4.69, 9.17) is 0 Å². The lowest BCUT2D eigenvalue weighted by Gasteiger charge is -2.27. The summed E-state index contributed by atoms with van der Waals surface area (Å²) in [6.45, 7) is 5.99. The van der Waals surface area contributed by atoms with E-state index in [1.54, 1.807) is 18.2 Å². The molecule has 6 heteroatoms. The van der Waals surface area contributed by atoms with Crippen molar-refractivity contribution in [3.8, 4) is 0 Å². The van der Waals surface area contributed by atoms with Crippen molar-refractivity contribution in [2.45, 2.75) is 32.9 Å². The standard InChI is InChI=1S/C23H30FN3O2/c1-15(2)21(26-22(28)18-10-6-8-16(3)12-18)23(29)25-14-20(27(4)5)17-9-7-11-19(24)13-17/h6-13,15,20-21H,14H2,1-5H3,(H,25,29)(H,26,28). The molecule has 2 aromatic carbocycles. The zero-order valence-corrected chi connectivity index (χ0v) is 17.7. The van der Waals surface area contributed by atoms with Gasteiger partial charge in [-0.25, -0.2) is 4.39 Å². The van der Waals surface area contributed by atoms with E-state index in [-0.39, 0.29) is 29.6 Å². The van der Waals surface area contributed by atoms with Gasteiger partial charge in [-0.1, -0.05) is 43.7 Å². The van der Waals surface area contributed by atoms with E-state index in [2.05, 4.69) is 10.6 Å². The summed E-state index contributed by atoms with van der Waals surface area (Å²) in [5.74, 6) is -0.942. The fraction of sp³-hybridized carbons (Fsp3) is 0.391. The molecule has 2 aromatic rings. The Labute approximate surface area is 172 Å². The van der Waals surface area contributed by atoms with Crippen molar-refractivity contribution in [2.24, 2.45) is 5.92 Å². The van der Waals surface area contributed by atoms with Crippen molar-refractivity contribution in [3.63, 3.8) is 0 Å². The Kier molecular flexibility index (Phi) is 7.91. The van der Waals surface area contributed by atoms with Crippen LogP contribution in [0.25, 0.3) is 0 Å². The largest absolute Gasteiger partial charge is 0.352 e. The Balaban J connectivity index is 2.07. The van der Waals surface area contributed by atoms with E-state index >= 15 is 0 Å². The third-order valence-corrected chi connectivity index (χ3v) is 4.84. The van der Waals surface area contributed by atoms with Gasteiger partial charge in [0.25, 0.3) is 5.91 Å². The van der Waals surface area contributed by atoms with E-state index in [9.17, 15) is 14.0 Å². The van der Waals surface area contributed by atoms with Gasteiger partial charge in [0.05, 0.1) is 6.04 Å². The molecule has 2 rings (SSSR count). The second kappa shape index (κ2) is 10.2. The molecule has 2 unspecified atom stereocenters. The number of likely N-dealkylation sites (N-methyl/N-ethyl adjacent to an activating group) is 1. The Morgan fingerprint density at radius 3 is 2.34 bits per heavy atom. The molecule has 5 nitrogen and oxygen atoms in total. The average molecular weight is 400 g/mol. The van der Waals surface area contributed by atoms with Gasteiger partial charge >= 0.3 is 0 Å². The van der Waals surface area contributed by atoms with Crippen LogP contribution in [0.15, 0.2) is 48.5 Å². The number of halogens is 1. The predicted molar refractivity (Wildman–Crippen MR) is 113 cm³/mol. The maximum Gasteiger partial charge on any atom is 0.251 e. The lowest BCUT2D eigenvalue weighted by Crippen LogP contribution is -2.51. The lowest BCUT2D eigenvalue weighted by molar-refractivity contribution is -0.124. The minimum Gasteiger partial charge on any atom is -0.352 e. The van der Waals surface area contributed by atoms with E-state index in [1.165, 1.54) is 12.1 Å². The maximum atomic E-state index is 13.6. The molecule has 2 atom stereocenters. The number of carbonyl (C=O) groups excluding carboxylic acids is 2. The summed E-state index contributed by atoms with van der Waals surface area (Å²) in [5, 5.41) is 5.75. The Bertz CT molecular complexity index is 852. The second-order valence-electron chi connectivity index (χ2n) is 7.84. The molecule has 0 aliphatic carbocycles. The van der Waals surface area contributed by atoms with Crippen LogP contribution in [0.2, 0.25) is 0 Å². The van der Waals surface area contributed by atoms with Crippen LogP contribution in [0.1, 0.15) is 41.4 Å². The molecular weight excluding hydrogens is 369 g/mol. The molecule has 0 bridgehead atoms. The molecule has 0 aliphatic rings. The smallest absolute Gasteiger partial charge is 0.251 e. The predicted octanol–water partition coefficient (Wildman–Crippen LogP) is 3.31. The summed E-state index contributed by atoms with van der Waals surface area (Å²) in [5.41, 5.74) is 2.28. The first-order valence-electron chi connectivity index (χ1n) is 9.76. The van der Waals surface area contributed by atoms with Gasteiger partial charge < -0.3 is 15.5 Å². The van der Waals surface area contributed by atoms with Crippen molar-refractivity contribution in [2.75, 3.05) is 20.6 Å². The van der Waals surface area contributed by atoms with Gasteiger partial charge in [-0.3, -0.25) is 9.59 Å². The fourth-order valence-corrected chi connectivity index (χ4v) is 3.17. The van der Waals surface area contributed by atoms with Crippen LogP contribution in [0, 0.1) is 18.7 Å². The van der Waals surface area contributed by atoms with Crippen molar-refractivity contribution < 1.29 is 14.0 Å². The summed E-state index contributed by atoms with van der Waals surface area (Å²) >= 11 is 0. The molecule has 0 heterocycles. The van der Waals surface area contributed by atoms with Gasteiger partial charge in [0.1, 0.15) is 11.9 Å². The Morgan fingerprint density at radius 1 is 1.07 bits per heavy atom. The number of carbonyl (C=O) groups is 2. The molecule has 0 aromatic heterocycles. The third-order valence-electron chi connectivity index (χ3n) is 4.84. The summed E-state index contributed by atoms with van der Waals surface area (Å²) < 4.78 is 13.6. The first-order valence-corrected chi connectivity index (χ1v) is 9.76. The summed E-state index contributed by atoms with van der Waals surface area (Å²) in [6, 6.07) is 12.7. The van der Waals surface area contributed by atoms with Gasteiger partial charge in [0, 0.05) is 12.1 Å². The number of benzene rings is 2. The summed E-state index contributed by atoms with van der Waals surface area (Å²) in [7, 11) is 3.75. The highest BCUT2D eigenvalue weighted by molar-refractivity contribution is 5.97. The first-order chi connectivity index (χ1) is 13.7. The number of rotatable bonds is 8. The molecular formula is C23H30FN3O2. The van der Waals surface area contributed by atoms with E-state index in [1.807, 2.05) is 58.0 Å². The van der Waals surface area contributed by atoms with Crippen LogP contribution in [-0.2, 0) is 4.79 Å². The van der Waals surface area contributed by atoms with E-state index < -0.39 is 6.04 Å². The van der Waals surface area contributed by atoms with E-state index in [0.29, 0.717) is 12.1 Å². The molecule has 0 aliphatic heterocycles. The van der Waals surface area contributed by atoms with E-state index in [0.717, 1.165) is 11.1 Å². The lowest BCUT2D eigenvalue weighted by atomic mass is 10.0. The maximum absolute atomic E-state index is 13.6. The van der Waals surface area contributed by atoms with Crippen LogP contribution in [0.5, 0.6) is 0 Å². The number of hydrogen-bond donors (Lipinski definition) is 2. The van der Waals surface area contributed by atoms with Crippen molar-refractivity contribution >= 4 is 11.8 Å². The molecule has 2 N–H and O–H groups in total. The van der Waals surface area contributed by atoms with Gasteiger partial charge in [-0.15, -0.1) is 0 Å². The van der Waals surface area contributed by atoms with Crippen LogP contribution >= 0.6 is 0 Å². The highest BCUT2D eigenvalue weighted by atomic mass is 19.1. The Hall–Kier alpha value is -2.73. The van der Waals surface area contributed by atoms with Gasteiger partial charge in [0.15, 0.2) is 0 Å². The van der Waals surface area contributed by atoms with Crippen LogP contribution in [0.3, 0.4) is 0 Å². The Morgan fingerprint density at radius 2 is 1.76 bits per heavy atom. The molecule has 0 saturated carbocycles. The number of hydrogen-bond acceptors (Lipinski definition) is 3. The van der Waals surface area contributed by atoms with Crippen LogP contribution in [0.4, 0.5) is 4.39 Å². The molecule has 29 heavy (non-hydrogen) atoms. The van der Waals surface area contributed by atoms with Crippen LogP contribution in [-0.4, -0.2) is 43.4 Å². The van der Waals surface area contributed by atoms with Gasteiger partial charge in [0.2, 0.25) is 5.91 Å². The highest BCUT2D eigenvalue weighted by Gasteiger charge is 2.26. The summed E-state index contributed by atoms with van der Waals surface area (Å²) in [4.78, 5) is 27.3. The van der Waals surface area contributed by atoms with Crippen molar-refractivity contribution in [3.05, 3.63) is 71.0 Å². The van der Waals surface area contributed by atoms with Crippen LogP contribution < -0.4 is 10.6 Å². The number of nitrogens with zero attached hydrogens (tertiary/aromatic N) is 1. The zero-order valence-electron chi connectivity index (χ0n) is 17.7. The highest BCUT2D eigenvalue weighted by Crippen LogP contribution is 2.18. The van der Waals surface area contributed by atoms with Gasteiger partial charge in [-0.2, -0.15) is 0 Å². The third kappa shape index (κ3) is 6.39.